The highest BCUT2D eigenvalue weighted by atomic mass is 79.9. The number of benzene rings is 1. The molecule has 0 saturated carbocycles. The molecule has 0 unspecified atom stereocenters. The number of methoxy groups -OCH3 is 2. The highest BCUT2D eigenvalue weighted by Gasteiger charge is 2.18. The number of rotatable bonds is 5. The molecule has 1 aromatic carbocycles. The quantitative estimate of drug-likeness (QED) is 0.847. The van der Waals surface area contributed by atoms with E-state index in [0.717, 1.165) is 0 Å². The van der Waals surface area contributed by atoms with Gasteiger partial charge in [-0.3, -0.25) is 4.79 Å². The second-order valence-electron chi connectivity index (χ2n) is 3.27. The number of aliphatic carboxylic acids is 1. The molecule has 0 amide bonds. The Balaban J connectivity index is 3.39. The average molecular weight is 324 g/mol. The molecule has 0 atom stereocenters. The first-order valence-electron chi connectivity index (χ1n) is 4.75. The molecule has 4 nitrogen and oxygen atoms in total. The molecule has 0 aromatic heterocycles. The lowest BCUT2D eigenvalue weighted by atomic mass is 10.1. The Labute approximate surface area is 113 Å². The molecule has 0 heterocycles. The minimum absolute atomic E-state index is 0.106. The summed E-state index contributed by atoms with van der Waals surface area (Å²) in [5.74, 6) is 0.276. The maximum atomic E-state index is 10.7. The minimum Gasteiger partial charge on any atom is -0.493 e. The molecule has 0 saturated heterocycles. The number of hydrogen-bond donors (Lipinski definition) is 1. The van der Waals surface area contributed by atoms with Gasteiger partial charge in [0.25, 0.3) is 0 Å². The first-order chi connectivity index (χ1) is 8.04. The number of carbonyl (C=O) groups is 1. The SMILES string of the molecule is COc1cc(CC(=O)O)c(Br)c(CCl)c1OC. The van der Waals surface area contributed by atoms with Gasteiger partial charge in [0.2, 0.25) is 0 Å². The Morgan fingerprint density at radius 3 is 2.53 bits per heavy atom. The highest BCUT2D eigenvalue weighted by molar-refractivity contribution is 9.10. The number of carboxylic acids is 1. The highest BCUT2D eigenvalue weighted by Crippen LogP contribution is 2.39. The summed E-state index contributed by atoms with van der Waals surface area (Å²) in [6, 6.07) is 1.63. The molecular weight excluding hydrogens is 311 g/mol. The lowest BCUT2D eigenvalue weighted by molar-refractivity contribution is -0.136. The van der Waals surface area contributed by atoms with Crippen LogP contribution in [0.4, 0.5) is 0 Å². The van der Waals surface area contributed by atoms with Gasteiger partial charge in [0.15, 0.2) is 11.5 Å². The van der Waals surface area contributed by atoms with E-state index < -0.39 is 5.97 Å². The van der Waals surface area contributed by atoms with Gasteiger partial charge in [-0.05, 0) is 11.6 Å². The third-order valence-electron chi connectivity index (χ3n) is 2.25. The van der Waals surface area contributed by atoms with Crippen molar-refractivity contribution in [1.82, 2.24) is 0 Å². The third kappa shape index (κ3) is 3.04. The predicted molar refractivity (Wildman–Crippen MR) is 68.1 cm³/mol. The molecule has 6 heteroatoms. The summed E-state index contributed by atoms with van der Waals surface area (Å²) in [7, 11) is 3.01. The van der Waals surface area contributed by atoms with Crippen molar-refractivity contribution in [1.29, 1.82) is 0 Å². The van der Waals surface area contributed by atoms with Gasteiger partial charge >= 0.3 is 5.97 Å². The molecule has 1 rings (SSSR count). The van der Waals surface area contributed by atoms with E-state index in [2.05, 4.69) is 15.9 Å². The van der Waals surface area contributed by atoms with Crippen LogP contribution in [0.25, 0.3) is 0 Å². The van der Waals surface area contributed by atoms with E-state index in [1.54, 1.807) is 6.07 Å². The first-order valence-corrected chi connectivity index (χ1v) is 6.07. The monoisotopic (exact) mass is 322 g/mol. The number of hydrogen-bond acceptors (Lipinski definition) is 3. The van der Waals surface area contributed by atoms with Crippen LogP contribution in [0.15, 0.2) is 10.5 Å². The van der Waals surface area contributed by atoms with Gasteiger partial charge in [0.05, 0.1) is 26.5 Å². The van der Waals surface area contributed by atoms with Crippen LogP contribution in [0, 0.1) is 0 Å². The van der Waals surface area contributed by atoms with Crippen molar-refractivity contribution in [3.05, 3.63) is 21.7 Å². The van der Waals surface area contributed by atoms with Gasteiger partial charge in [0.1, 0.15) is 0 Å². The second kappa shape index (κ2) is 6.12. The van der Waals surface area contributed by atoms with E-state index in [1.807, 2.05) is 0 Å². The van der Waals surface area contributed by atoms with E-state index >= 15 is 0 Å². The molecule has 94 valence electrons. The number of halogens is 2. The van der Waals surface area contributed by atoms with E-state index in [0.29, 0.717) is 27.1 Å². The van der Waals surface area contributed by atoms with Crippen LogP contribution >= 0.6 is 27.5 Å². The average Bonchev–Trinajstić information content (AvgIpc) is 2.30. The Morgan fingerprint density at radius 2 is 2.12 bits per heavy atom. The molecular formula is C11H12BrClO4. The van der Waals surface area contributed by atoms with Gasteiger partial charge in [-0.15, -0.1) is 11.6 Å². The molecule has 1 N–H and O–H groups in total. The molecule has 17 heavy (non-hydrogen) atoms. The number of carboxylic acid groups (broad SMARTS) is 1. The van der Waals surface area contributed by atoms with E-state index in [9.17, 15) is 4.79 Å². The van der Waals surface area contributed by atoms with Crippen LogP contribution in [0.1, 0.15) is 11.1 Å². The van der Waals surface area contributed by atoms with Crippen LogP contribution < -0.4 is 9.47 Å². The van der Waals surface area contributed by atoms with Crippen molar-refractivity contribution in [3.63, 3.8) is 0 Å². The van der Waals surface area contributed by atoms with Crippen molar-refractivity contribution in [2.45, 2.75) is 12.3 Å². The van der Waals surface area contributed by atoms with Gasteiger partial charge in [-0.25, -0.2) is 0 Å². The van der Waals surface area contributed by atoms with Crippen molar-refractivity contribution in [3.8, 4) is 11.5 Å². The van der Waals surface area contributed by atoms with Crippen LogP contribution in [0.2, 0.25) is 0 Å². The Morgan fingerprint density at radius 1 is 1.47 bits per heavy atom. The molecule has 0 bridgehead atoms. The van der Waals surface area contributed by atoms with Gasteiger partial charge in [-0.1, -0.05) is 15.9 Å². The lowest BCUT2D eigenvalue weighted by Gasteiger charge is -2.15. The van der Waals surface area contributed by atoms with E-state index in [1.165, 1.54) is 14.2 Å². The van der Waals surface area contributed by atoms with Gasteiger partial charge in [-0.2, -0.15) is 0 Å². The van der Waals surface area contributed by atoms with Crippen LogP contribution in [-0.4, -0.2) is 25.3 Å². The van der Waals surface area contributed by atoms with Crippen molar-refractivity contribution >= 4 is 33.5 Å². The zero-order valence-electron chi connectivity index (χ0n) is 9.42. The molecule has 0 aliphatic heterocycles. The van der Waals surface area contributed by atoms with Crippen LogP contribution in [0.3, 0.4) is 0 Å². The number of alkyl halides is 1. The second-order valence-corrected chi connectivity index (χ2v) is 4.33. The van der Waals surface area contributed by atoms with Crippen molar-refractivity contribution in [2.75, 3.05) is 14.2 Å². The van der Waals surface area contributed by atoms with Crippen LogP contribution in [-0.2, 0) is 17.1 Å². The molecule has 0 aliphatic carbocycles. The Bertz CT molecular complexity index is 434. The zero-order valence-corrected chi connectivity index (χ0v) is 11.8. The third-order valence-corrected chi connectivity index (χ3v) is 3.50. The van der Waals surface area contributed by atoms with Crippen LogP contribution in [0.5, 0.6) is 11.5 Å². The normalized spacial score (nSPS) is 10.1. The summed E-state index contributed by atoms with van der Waals surface area (Å²) in [6.07, 6.45) is -0.106. The van der Waals surface area contributed by atoms with Crippen molar-refractivity contribution < 1.29 is 19.4 Å². The molecule has 0 spiro atoms. The maximum absolute atomic E-state index is 10.7. The van der Waals surface area contributed by atoms with Crippen molar-refractivity contribution in [2.24, 2.45) is 0 Å². The molecule has 0 radical (unpaired) electrons. The first kappa shape index (κ1) is 14.1. The molecule has 0 aliphatic rings. The van der Waals surface area contributed by atoms with Gasteiger partial charge in [0, 0.05) is 10.0 Å². The largest absolute Gasteiger partial charge is 0.493 e. The number of ether oxygens (including phenoxy) is 2. The lowest BCUT2D eigenvalue weighted by Crippen LogP contribution is -2.04. The topological polar surface area (TPSA) is 55.8 Å². The maximum Gasteiger partial charge on any atom is 0.307 e. The Kier molecular flexibility index (Phi) is 5.08. The smallest absolute Gasteiger partial charge is 0.307 e. The summed E-state index contributed by atoms with van der Waals surface area (Å²) in [6.45, 7) is 0. The fraction of sp³-hybridized carbons (Fsp3) is 0.364. The van der Waals surface area contributed by atoms with E-state index in [4.69, 9.17) is 26.2 Å². The summed E-state index contributed by atoms with van der Waals surface area (Å²) in [5.41, 5.74) is 1.29. The standard InChI is InChI=1S/C11H12BrClO4/c1-16-8-3-6(4-9(14)15)10(12)7(5-13)11(8)17-2/h3H,4-5H2,1-2H3,(H,14,15). The predicted octanol–water partition coefficient (Wildman–Crippen LogP) is 2.83. The van der Waals surface area contributed by atoms with Gasteiger partial charge < -0.3 is 14.6 Å². The fourth-order valence-corrected chi connectivity index (χ4v) is 2.51. The molecule has 1 aromatic rings. The summed E-state index contributed by atoms with van der Waals surface area (Å²) in [4.78, 5) is 10.7. The fourth-order valence-electron chi connectivity index (χ4n) is 1.52. The zero-order chi connectivity index (χ0) is 13.0. The molecule has 0 fully saturated rings. The Hall–Kier alpha value is -0.940. The summed E-state index contributed by atoms with van der Waals surface area (Å²) >= 11 is 9.18. The van der Waals surface area contributed by atoms with E-state index in [-0.39, 0.29) is 12.3 Å². The summed E-state index contributed by atoms with van der Waals surface area (Å²) < 4.78 is 11.0. The minimum atomic E-state index is -0.918. The summed E-state index contributed by atoms with van der Waals surface area (Å²) in [5, 5.41) is 8.82.